The first kappa shape index (κ1) is 15.9. The second-order valence-electron chi connectivity index (χ2n) is 4.83. The van der Waals surface area contributed by atoms with Gasteiger partial charge in [0.2, 0.25) is 6.79 Å². The van der Waals surface area contributed by atoms with Crippen LogP contribution in [0.5, 0.6) is 11.5 Å². The van der Waals surface area contributed by atoms with Gasteiger partial charge in [0, 0.05) is 20.3 Å². The van der Waals surface area contributed by atoms with Crippen LogP contribution in [0, 0.1) is 18.3 Å². The van der Waals surface area contributed by atoms with Crippen molar-refractivity contribution >= 4 is 12.0 Å². The number of nitrogens with one attached hydrogen (secondary N) is 1. The van der Waals surface area contributed by atoms with Gasteiger partial charge in [0.25, 0.3) is 5.91 Å². The standard InChI is InChI=1S/C16H18N2O4/c1-11-6-14-15(22-10-21-14)8-12(11)7-13(9-17)16(19)18-4-3-5-20-2/h6-8H,3-5,10H2,1-2H3,(H,18,19)/b13-7+. The van der Waals surface area contributed by atoms with Crippen LogP contribution < -0.4 is 14.8 Å². The van der Waals surface area contributed by atoms with Gasteiger partial charge in [-0.05, 0) is 42.7 Å². The van der Waals surface area contributed by atoms with E-state index in [1.165, 1.54) is 0 Å². The van der Waals surface area contributed by atoms with Gasteiger partial charge in [-0.1, -0.05) is 0 Å². The lowest BCUT2D eigenvalue weighted by atomic mass is 10.0. The van der Waals surface area contributed by atoms with Crippen LogP contribution in [0.15, 0.2) is 17.7 Å². The van der Waals surface area contributed by atoms with Crippen molar-refractivity contribution in [2.75, 3.05) is 27.1 Å². The molecule has 1 aliphatic heterocycles. The quantitative estimate of drug-likeness (QED) is 0.492. The van der Waals surface area contributed by atoms with E-state index in [9.17, 15) is 10.1 Å². The van der Waals surface area contributed by atoms with Gasteiger partial charge < -0.3 is 19.5 Å². The molecule has 0 aromatic heterocycles. The predicted octanol–water partition coefficient (Wildman–Crippen LogP) is 1.78. The molecule has 0 radical (unpaired) electrons. The Labute approximate surface area is 129 Å². The van der Waals surface area contributed by atoms with Gasteiger partial charge in [-0.15, -0.1) is 0 Å². The number of hydrogen-bond acceptors (Lipinski definition) is 5. The first-order valence-corrected chi connectivity index (χ1v) is 6.95. The fraction of sp³-hybridized carbons (Fsp3) is 0.375. The van der Waals surface area contributed by atoms with Crippen molar-refractivity contribution in [3.05, 3.63) is 28.8 Å². The number of methoxy groups -OCH3 is 1. The summed E-state index contributed by atoms with van der Waals surface area (Å²) in [5.74, 6) is 0.905. The summed E-state index contributed by atoms with van der Waals surface area (Å²) in [5, 5.41) is 11.9. The summed E-state index contributed by atoms with van der Waals surface area (Å²) in [7, 11) is 1.60. The number of nitrogens with zero attached hydrogens (tertiary/aromatic N) is 1. The van der Waals surface area contributed by atoms with Crippen LogP contribution in [-0.4, -0.2) is 33.0 Å². The zero-order chi connectivity index (χ0) is 15.9. The van der Waals surface area contributed by atoms with E-state index in [-0.39, 0.29) is 12.4 Å². The molecule has 6 heteroatoms. The molecular weight excluding hydrogens is 284 g/mol. The number of rotatable bonds is 6. The van der Waals surface area contributed by atoms with Crippen molar-refractivity contribution < 1.29 is 19.0 Å². The van der Waals surface area contributed by atoms with Gasteiger partial charge in [-0.25, -0.2) is 0 Å². The average Bonchev–Trinajstić information content (AvgIpc) is 2.95. The monoisotopic (exact) mass is 302 g/mol. The van der Waals surface area contributed by atoms with Crippen molar-refractivity contribution in [1.29, 1.82) is 5.26 Å². The lowest BCUT2D eigenvalue weighted by Crippen LogP contribution is -2.26. The van der Waals surface area contributed by atoms with Crippen LogP contribution in [0.1, 0.15) is 17.5 Å². The van der Waals surface area contributed by atoms with Crippen LogP contribution in [0.25, 0.3) is 6.08 Å². The molecule has 1 aromatic carbocycles. The normalized spacial score (nSPS) is 12.9. The second kappa shape index (κ2) is 7.48. The third-order valence-corrected chi connectivity index (χ3v) is 3.24. The minimum Gasteiger partial charge on any atom is -0.454 e. The van der Waals surface area contributed by atoms with Crippen molar-refractivity contribution in [3.63, 3.8) is 0 Å². The lowest BCUT2D eigenvalue weighted by molar-refractivity contribution is -0.117. The van der Waals surface area contributed by atoms with E-state index in [0.717, 1.165) is 11.1 Å². The number of fused-ring (bicyclic) bond motifs is 1. The first-order valence-electron chi connectivity index (χ1n) is 6.95. The molecule has 0 atom stereocenters. The Morgan fingerprint density at radius 3 is 2.86 bits per heavy atom. The third kappa shape index (κ3) is 3.77. The molecule has 1 aromatic rings. The zero-order valence-corrected chi connectivity index (χ0v) is 12.6. The highest BCUT2D eigenvalue weighted by Crippen LogP contribution is 2.35. The summed E-state index contributed by atoms with van der Waals surface area (Å²) < 4.78 is 15.5. The Morgan fingerprint density at radius 2 is 2.18 bits per heavy atom. The van der Waals surface area contributed by atoms with E-state index < -0.39 is 5.91 Å². The maximum atomic E-state index is 12.0. The number of carbonyl (C=O) groups excluding carboxylic acids is 1. The van der Waals surface area contributed by atoms with Gasteiger partial charge in [0.1, 0.15) is 11.6 Å². The van der Waals surface area contributed by atoms with E-state index >= 15 is 0 Å². The summed E-state index contributed by atoms with van der Waals surface area (Å²) in [4.78, 5) is 12.0. The molecule has 0 spiro atoms. The first-order chi connectivity index (χ1) is 10.7. The topological polar surface area (TPSA) is 80.6 Å². The summed E-state index contributed by atoms with van der Waals surface area (Å²) >= 11 is 0. The Hall–Kier alpha value is -2.52. The number of amides is 1. The Kier molecular flexibility index (Phi) is 5.39. The van der Waals surface area contributed by atoms with Crippen LogP contribution in [-0.2, 0) is 9.53 Å². The Morgan fingerprint density at radius 1 is 1.45 bits per heavy atom. The molecule has 22 heavy (non-hydrogen) atoms. The van der Waals surface area contributed by atoms with E-state index in [1.807, 2.05) is 19.1 Å². The summed E-state index contributed by atoms with van der Waals surface area (Å²) in [6, 6.07) is 5.54. The largest absolute Gasteiger partial charge is 0.454 e. The lowest BCUT2D eigenvalue weighted by Gasteiger charge is -2.06. The molecule has 6 nitrogen and oxygen atoms in total. The van der Waals surface area contributed by atoms with Crippen molar-refractivity contribution in [1.82, 2.24) is 5.32 Å². The SMILES string of the molecule is COCCCNC(=O)/C(C#N)=C/c1cc2c(cc1C)OCO2. The number of hydrogen-bond donors (Lipinski definition) is 1. The van der Waals surface area contributed by atoms with Gasteiger partial charge >= 0.3 is 0 Å². The van der Waals surface area contributed by atoms with Crippen LogP contribution in [0.4, 0.5) is 0 Å². The fourth-order valence-electron chi connectivity index (χ4n) is 2.03. The molecule has 0 saturated heterocycles. The molecule has 1 amide bonds. The number of aryl methyl sites for hydroxylation is 1. The second-order valence-corrected chi connectivity index (χ2v) is 4.83. The van der Waals surface area contributed by atoms with E-state index in [0.29, 0.717) is 31.1 Å². The Balaban J connectivity index is 2.12. The minimum absolute atomic E-state index is 0.0550. The van der Waals surface area contributed by atoms with Gasteiger partial charge in [-0.3, -0.25) is 4.79 Å². The summed E-state index contributed by atoms with van der Waals surface area (Å²) in [5.41, 5.74) is 1.72. The fourth-order valence-corrected chi connectivity index (χ4v) is 2.03. The van der Waals surface area contributed by atoms with Crippen LogP contribution >= 0.6 is 0 Å². The van der Waals surface area contributed by atoms with E-state index in [1.54, 1.807) is 19.3 Å². The molecule has 0 saturated carbocycles. The maximum Gasteiger partial charge on any atom is 0.261 e. The number of benzene rings is 1. The highest BCUT2D eigenvalue weighted by atomic mass is 16.7. The van der Waals surface area contributed by atoms with Gasteiger partial charge in [-0.2, -0.15) is 5.26 Å². The predicted molar refractivity (Wildman–Crippen MR) is 80.4 cm³/mol. The molecule has 0 bridgehead atoms. The van der Waals surface area contributed by atoms with Crippen LogP contribution in [0.3, 0.4) is 0 Å². The molecule has 1 aliphatic rings. The summed E-state index contributed by atoms with van der Waals surface area (Å²) in [6.45, 7) is 3.10. The van der Waals surface area contributed by atoms with E-state index in [2.05, 4.69) is 5.32 Å². The third-order valence-electron chi connectivity index (χ3n) is 3.24. The maximum absolute atomic E-state index is 12.0. The van der Waals surface area contributed by atoms with Gasteiger partial charge in [0.05, 0.1) is 0 Å². The summed E-state index contributed by atoms with van der Waals surface area (Å²) in [6.07, 6.45) is 2.26. The van der Waals surface area contributed by atoms with Crippen molar-refractivity contribution in [2.24, 2.45) is 0 Å². The molecule has 2 rings (SSSR count). The molecular formula is C16H18N2O4. The average molecular weight is 302 g/mol. The van der Waals surface area contributed by atoms with Crippen molar-refractivity contribution in [2.45, 2.75) is 13.3 Å². The number of ether oxygens (including phenoxy) is 3. The van der Waals surface area contributed by atoms with E-state index in [4.69, 9.17) is 14.2 Å². The van der Waals surface area contributed by atoms with Gasteiger partial charge in [0.15, 0.2) is 11.5 Å². The highest BCUT2D eigenvalue weighted by Gasteiger charge is 2.16. The minimum atomic E-state index is -0.393. The smallest absolute Gasteiger partial charge is 0.261 e. The molecule has 0 fully saturated rings. The molecule has 116 valence electrons. The molecule has 1 heterocycles. The number of carbonyl (C=O) groups is 1. The molecule has 0 aliphatic carbocycles. The Bertz CT molecular complexity index is 632. The number of nitriles is 1. The molecule has 1 N–H and O–H groups in total. The van der Waals surface area contributed by atoms with Crippen molar-refractivity contribution in [3.8, 4) is 17.6 Å². The van der Waals surface area contributed by atoms with Crippen LogP contribution in [0.2, 0.25) is 0 Å². The molecule has 0 unspecified atom stereocenters. The highest BCUT2D eigenvalue weighted by molar-refractivity contribution is 6.01. The zero-order valence-electron chi connectivity index (χ0n) is 12.6.